The summed E-state index contributed by atoms with van der Waals surface area (Å²) in [7, 11) is 0. The number of halogens is 4. The van der Waals surface area contributed by atoms with E-state index in [1.165, 1.54) is 6.07 Å². The van der Waals surface area contributed by atoms with Crippen molar-refractivity contribution in [2.24, 2.45) is 0 Å². The summed E-state index contributed by atoms with van der Waals surface area (Å²) in [5.41, 5.74) is 2.45. The van der Waals surface area contributed by atoms with Crippen molar-refractivity contribution in [2.75, 3.05) is 0 Å². The van der Waals surface area contributed by atoms with Gasteiger partial charge in [0, 0.05) is 16.1 Å². The zero-order chi connectivity index (χ0) is 14.2. The van der Waals surface area contributed by atoms with E-state index in [2.05, 4.69) is 15.9 Å². The largest absolute Gasteiger partial charge is 0.207 e. The van der Waals surface area contributed by atoms with Crippen molar-refractivity contribution in [3.63, 3.8) is 0 Å². The molecule has 0 saturated heterocycles. The zero-order valence-electron chi connectivity index (χ0n) is 10.5. The van der Waals surface area contributed by atoms with Gasteiger partial charge < -0.3 is 0 Å². The van der Waals surface area contributed by atoms with Crippen molar-refractivity contribution in [1.29, 1.82) is 0 Å². The fraction of sp³-hybridized carbons (Fsp3) is 0.200. The molecular weight excluding hydrogens is 334 g/mol. The van der Waals surface area contributed by atoms with Crippen molar-refractivity contribution in [1.82, 2.24) is 0 Å². The molecule has 4 heteroatoms. The molecule has 0 heterocycles. The molecule has 1 unspecified atom stereocenters. The van der Waals surface area contributed by atoms with Gasteiger partial charge in [0.2, 0.25) is 0 Å². The molecule has 0 saturated carbocycles. The average molecular weight is 346 g/mol. The molecule has 19 heavy (non-hydrogen) atoms. The van der Waals surface area contributed by atoms with Crippen LogP contribution in [0.15, 0.2) is 34.8 Å². The van der Waals surface area contributed by atoms with Crippen LogP contribution in [0.2, 0.25) is 0 Å². The van der Waals surface area contributed by atoms with Crippen LogP contribution in [0.5, 0.6) is 0 Å². The third-order valence-corrected chi connectivity index (χ3v) is 4.03. The molecule has 0 spiro atoms. The van der Waals surface area contributed by atoms with Gasteiger partial charge in [-0.1, -0.05) is 22.0 Å². The predicted molar refractivity (Wildman–Crippen MR) is 77.7 cm³/mol. The number of aryl methyl sites for hydroxylation is 2. The molecule has 0 aliphatic carbocycles. The van der Waals surface area contributed by atoms with Crippen LogP contribution in [-0.2, 0) is 0 Å². The first-order valence-electron chi connectivity index (χ1n) is 5.76. The molecule has 2 aromatic rings. The maximum Gasteiger partial charge on any atom is 0.131 e. The van der Waals surface area contributed by atoms with E-state index in [0.717, 1.165) is 21.7 Å². The lowest BCUT2D eigenvalue weighted by atomic mass is 9.98. The molecule has 0 bridgehead atoms. The van der Waals surface area contributed by atoms with Gasteiger partial charge in [-0.15, -0.1) is 11.6 Å². The van der Waals surface area contributed by atoms with Crippen LogP contribution in [0.4, 0.5) is 8.78 Å². The topological polar surface area (TPSA) is 0 Å². The molecule has 0 nitrogen and oxygen atoms in total. The molecule has 100 valence electrons. The lowest BCUT2D eigenvalue weighted by Crippen LogP contribution is -2.01. The van der Waals surface area contributed by atoms with Gasteiger partial charge in [0.25, 0.3) is 0 Å². The van der Waals surface area contributed by atoms with Crippen molar-refractivity contribution >= 4 is 27.5 Å². The first kappa shape index (κ1) is 14.5. The fourth-order valence-corrected chi connectivity index (χ4v) is 2.71. The van der Waals surface area contributed by atoms with Gasteiger partial charge in [0.1, 0.15) is 11.6 Å². The van der Waals surface area contributed by atoms with E-state index in [-0.39, 0.29) is 0 Å². The highest BCUT2D eigenvalue weighted by Crippen LogP contribution is 2.34. The maximum atomic E-state index is 13.9. The fourth-order valence-electron chi connectivity index (χ4n) is 1.93. The molecule has 0 aliphatic heterocycles. The zero-order valence-corrected chi connectivity index (χ0v) is 12.8. The summed E-state index contributed by atoms with van der Waals surface area (Å²) < 4.78 is 28.0. The minimum atomic E-state index is -0.642. The average Bonchev–Trinajstić information content (AvgIpc) is 2.36. The Morgan fingerprint density at radius 2 is 1.63 bits per heavy atom. The van der Waals surface area contributed by atoms with Crippen LogP contribution < -0.4 is 0 Å². The monoisotopic (exact) mass is 344 g/mol. The van der Waals surface area contributed by atoms with Crippen LogP contribution in [0.3, 0.4) is 0 Å². The van der Waals surface area contributed by atoms with Crippen molar-refractivity contribution in [3.8, 4) is 0 Å². The lowest BCUT2D eigenvalue weighted by molar-refractivity contribution is 0.568. The van der Waals surface area contributed by atoms with Crippen LogP contribution in [0.1, 0.15) is 27.6 Å². The molecule has 2 rings (SSSR count). The van der Waals surface area contributed by atoms with Crippen LogP contribution in [0, 0.1) is 25.5 Å². The van der Waals surface area contributed by atoms with E-state index in [1.54, 1.807) is 6.92 Å². The Kier molecular flexibility index (Phi) is 4.26. The SMILES string of the molecule is Cc1cc(C(Cl)c2cc(Br)ccc2C)c(F)cc1F. The quantitative estimate of drug-likeness (QED) is 0.615. The van der Waals surface area contributed by atoms with E-state index < -0.39 is 17.0 Å². The lowest BCUT2D eigenvalue weighted by Gasteiger charge is -2.15. The van der Waals surface area contributed by atoms with Crippen LogP contribution in [0.25, 0.3) is 0 Å². The molecule has 0 N–H and O–H groups in total. The van der Waals surface area contributed by atoms with Gasteiger partial charge in [0.05, 0.1) is 5.38 Å². The molecule has 0 aliphatic rings. The van der Waals surface area contributed by atoms with Gasteiger partial charge in [-0.05, 0) is 48.7 Å². The molecule has 0 radical (unpaired) electrons. The smallest absolute Gasteiger partial charge is 0.131 e. The summed E-state index contributed by atoms with van der Waals surface area (Å²) in [6, 6.07) is 8.00. The highest BCUT2D eigenvalue weighted by Gasteiger charge is 2.19. The Labute approximate surface area is 124 Å². The van der Waals surface area contributed by atoms with Crippen molar-refractivity contribution in [2.45, 2.75) is 19.2 Å². The molecule has 0 aromatic heterocycles. The summed E-state index contributed by atoms with van der Waals surface area (Å²) in [4.78, 5) is 0. The van der Waals surface area contributed by atoms with E-state index in [1.807, 2.05) is 25.1 Å². The van der Waals surface area contributed by atoms with E-state index in [4.69, 9.17) is 11.6 Å². The third-order valence-electron chi connectivity index (χ3n) is 3.07. The molecular formula is C15H12BrClF2. The minimum Gasteiger partial charge on any atom is -0.207 e. The Morgan fingerprint density at radius 3 is 2.32 bits per heavy atom. The minimum absolute atomic E-state index is 0.293. The third kappa shape index (κ3) is 2.98. The Bertz CT molecular complexity index is 626. The predicted octanol–water partition coefficient (Wildman–Crippen LogP) is 5.67. The first-order chi connectivity index (χ1) is 8.90. The molecule has 0 fully saturated rings. The number of alkyl halides is 1. The summed E-state index contributed by atoms with van der Waals surface area (Å²) in [5, 5.41) is -0.642. The number of benzene rings is 2. The van der Waals surface area contributed by atoms with Gasteiger partial charge in [-0.2, -0.15) is 0 Å². The molecule has 1 atom stereocenters. The highest BCUT2D eigenvalue weighted by molar-refractivity contribution is 9.10. The van der Waals surface area contributed by atoms with Gasteiger partial charge in [-0.25, -0.2) is 8.78 Å². The van der Waals surface area contributed by atoms with Gasteiger partial charge in [-0.3, -0.25) is 0 Å². The summed E-state index contributed by atoms with van der Waals surface area (Å²) in [6.45, 7) is 3.50. The number of hydrogen-bond acceptors (Lipinski definition) is 0. The van der Waals surface area contributed by atoms with E-state index in [9.17, 15) is 8.78 Å². The van der Waals surface area contributed by atoms with Gasteiger partial charge >= 0.3 is 0 Å². The summed E-state index contributed by atoms with van der Waals surface area (Å²) in [5.74, 6) is -1.18. The Balaban J connectivity index is 2.52. The highest BCUT2D eigenvalue weighted by atomic mass is 79.9. The first-order valence-corrected chi connectivity index (χ1v) is 6.98. The number of rotatable bonds is 2. The molecule has 0 amide bonds. The van der Waals surface area contributed by atoms with Crippen molar-refractivity contribution < 1.29 is 8.78 Å². The number of hydrogen-bond donors (Lipinski definition) is 0. The Hall–Kier alpha value is -0.930. The molecule has 2 aromatic carbocycles. The second-order valence-electron chi connectivity index (χ2n) is 4.49. The van der Waals surface area contributed by atoms with Gasteiger partial charge in [0.15, 0.2) is 0 Å². The summed E-state index contributed by atoms with van der Waals surface area (Å²) >= 11 is 9.72. The van der Waals surface area contributed by atoms with Crippen LogP contribution >= 0.6 is 27.5 Å². The van der Waals surface area contributed by atoms with E-state index >= 15 is 0 Å². The normalized spacial score (nSPS) is 12.5. The standard InChI is InChI=1S/C15H12BrClF2/c1-8-3-4-10(16)6-11(8)15(17)12-5-9(2)13(18)7-14(12)19/h3-7,15H,1-2H3. The van der Waals surface area contributed by atoms with E-state index in [0.29, 0.717) is 11.1 Å². The second kappa shape index (κ2) is 5.59. The van der Waals surface area contributed by atoms with Crippen LogP contribution in [-0.4, -0.2) is 0 Å². The van der Waals surface area contributed by atoms with Crippen molar-refractivity contribution in [3.05, 3.63) is 68.7 Å². The summed E-state index contributed by atoms with van der Waals surface area (Å²) in [6.07, 6.45) is 0. The maximum absolute atomic E-state index is 13.9. The Morgan fingerprint density at radius 1 is 0.947 bits per heavy atom. The second-order valence-corrected chi connectivity index (χ2v) is 5.84.